The van der Waals surface area contributed by atoms with E-state index in [1.54, 1.807) is 31.3 Å². The van der Waals surface area contributed by atoms with Crippen LogP contribution in [0.1, 0.15) is 22.8 Å². The molecule has 0 bridgehead atoms. The predicted molar refractivity (Wildman–Crippen MR) is 66.9 cm³/mol. The van der Waals surface area contributed by atoms with Crippen molar-refractivity contribution in [1.29, 1.82) is 5.26 Å². The molecule has 0 amide bonds. The van der Waals surface area contributed by atoms with Crippen LogP contribution < -0.4 is 0 Å². The van der Waals surface area contributed by atoms with E-state index in [2.05, 4.69) is 11.1 Å². The number of rotatable bonds is 3. The summed E-state index contributed by atoms with van der Waals surface area (Å²) in [6.45, 7) is 2.13. The maximum atomic E-state index is 11.5. The summed E-state index contributed by atoms with van der Waals surface area (Å²) in [6.07, 6.45) is 1.62. The second-order valence-corrected chi connectivity index (χ2v) is 3.71. The number of aromatic amines is 1. The van der Waals surface area contributed by atoms with Crippen LogP contribution in [0.15, 0.2) is 36.5 Å². The van der Waals surface area contributed by atoms with Gasteiger partial charge in [-0.3, -0.25) is 0 Å². The molecular weight excluding hydrogens is 228 g/mol. The van der Waals surface area contributed by atoms with Crippen molar-refractivity contribution in [2.45, 2.75) is 6.92 Å². The first-order valence-corrected chi connectivity index (χ1v) is 5.60. The molecule has 18 heavy (non-hydrogen) atoms. The third kappa shape index (κ3) is 2.41. The quantitative estimate of drug-likeness (QED) is 0.839. The number of benzene rings is 1. The van der Waals surface area contributed by atoms with Gasteiger partial charge in [-0.1, -0.05) is 12.1 Å². The van der Waals surface area contributed by atoms with Crippen LogP contribution >= 0.6 is 0 Å². The second-order valence-electron chi connectivity index (χ2n) is 3.71. The molecule has 2 rings (SSSR count). The van der Waals surface area contributed by atoms with E-state index in [1.807, 2.05) is 12.1 Å². The molecule has 0 aliphatic rings. The van der Waals surface area contributed by atoms with Gasteiger partial charge in [0, 0.05) is 11.9 Å². The number of H-pyrrole nitrogens is 1. The van der Waals surface area contributed by atoms with Crippen LogP contribution in [-0.4, -0.2) is 17.6 Å². The summed E-state index contributed by atoms with van der Waals surface area (Å²) in [5.41, 5.74) is 2.85. The van der Waals surface area contributed by atoms with Crippen LogP contribution in [0.5, 0.6) is 0 Å². The number of nitrogens with one attached hydrogen (secondary N) is 1. The monoisotopic (exact) mass is 240 g/mol. The Kier molecular flexibility index (Phi) is 3.44. The molecule has 2 aromatic rings. The Labute approximate surface area is 105 Å². The molecule has 0 aliphatic heterocycles. The lowest BCUT2D eigenvalue weighted by molar-refractivity contribution is 0.0526. The number of hydrogen-bond acceptors (Lipinski definition) is 3. The van der Waals surface area contributed by atoms with E-state index < -0.39 is 0 Å². The van der Waals surface area contributed by atoms with E-state index in [0.29, 0.717) is 17.7 Å². The van der Waals surface area contributed by atoms with Crippen LogP contribution in [0.25, 0.3) is 11.3 Å². The van der Waals surface area contributed by atoms with Crippen molar-refractivity contribution < 1.29 is 9.53 Å². The molecule has 0 radical (unpaired) electrons. The van der Waals surface area contributed by atoms with Gasteiger partial charge in [-0.2, -0.15) is 5.26 Å². The first-order chi connectivity index (χ1) is 8.74. The van der Waals surface area contributed by atoms with Gasteiger partial charge in [0.05, 0.1) is 23.8 Å². The summed E-state index contributed by atoms with van der Waals surface area (Å²) in [6, 6.07) is 10.9. The zero-order valence-electron chi connectivity index (χ0n) is 9.93. The van der Waals surface area contributed by atoms with Crippen molar-refractivity contribution in [3.8, 4) is 17.3 Å². The lowest BCUT2D eigenvalue weighted by atomic mass is 10.1. The Balaban J connectivity index is 2.24. The largest absolute Gasteiger partial charge is 0.462 e. The highest BCUT2D eigenvalue weighted by molar-refractivity contribution is 5.90. The summed E-state index contributed by atoms with van der Waals surface area (Å²) in [4.78, 5) is 14.5. The molecule has 1 N–H and O–H groups in total. The van der Waals surface area contributed by atoms with Crippen LogP contribution in [-0.2, 0) is 4.74 Å². The predicted octanol–water partition coefficient (Wildman–Crippen LogP) is 2.73. The molecule has 0 saturated carbocycles. The number of carbonyl (C=O) groups is 1. The molecule has 1 heterocycles. The molecule has 0 atom stereocenters. The van der Waals surface area contributed by atoms with Gasteiger partial charge in [-0.25, -0.2) is 4.79 Å². The Hall–Kier alpha value is -2.54. The first kappa shape index (κ1) is 11.9. The number of nitrogens with zero attached hydrogens (tertiary/aromatic N) is 1. The van der Waals surface area contributed by atoms with Gasteiger partial charge >= 0.3 is 5.97 Å². The summed E-state index contributed by atoms with van der Waals surface area (Å²) >= 11 is 0. The molecule has 0 fully saturated rings. The van der Waals surface area contributed by atoms with E-state index in [4.69, 9.17) is 10.00 Å². The maximum Gasteiger partial charge on any atom is 0.339 e. The summed E-state index contributed by atoms with van der Waals surface area (Å²) in [5, 5.41) is 8.72. The van der Waals surface area contributed by atoms with Crippen molar-refractivity contribution >= 4 is 5.97 Å². The van der Waals surface area contributed by atoms with Crippen LogP contribution in [0, 0.1) is 11.3 Å². The molecular formula is C14H12N2O2. The normalized spacial score (nSPS) is 9.78. The molecule has 0 unspecified atom stereocenters. The van der Waals surface area contributed by atoms with Gasteiger partial charge in [0.15, 0.2) is 0 Å². The lowest BCUT2D eigenvalue weighted by Gasteiger charge is -1.98. The van der Waals surface area contributed by atoms with E-state index in [1.165, 1.54) is 0 Å². The molecule has 1 aromatic heterocycles. The summed E-state index contributed by atoms with van der Waals surface area (Å²) < 4.78 is 4.91. The topological polar surface area (TPSA) is 65.9 Å². The molecule has 90 valence electrons. The van der Waals surface area contributed by atoms with Crippen molar-refractivity contribution in [2.75, 3.05) is 6.61 Å². The highest BCUT2D eigenvalue weighted by atomic mass is 16.5. The van der Waals surface area contributed by atoms with Gasteiger partial charge < -0.3 is 9.72 Å². The molecule has 1 aromatic carbocycles. The molecule has 0 spiro atoms. The summed E-state index contributed by atoms with van der Waals surface area (Å²) in [5.74, 6) is -0.339. The van der Waals surface area contributed by atoms with E-state index in [0.717, 1.165) is 11.3 Å². The minimum Gasteiger partial charge on any atom is -0.462 e. The molecule has 0 saturated heterocycles. The van der Waals surface area contributed by atoms with Crippen molar-refractivity contribution in [2.24, 2.45) is 0 Å². The fraction of sp³-hybridized carbons (Fsp3) is 0.143. The van der Waals surface area contributed by atoms with Gasteiger partial charge in [0.1, 0.15) is 0 Å². The zero-order valence-corrected chi connectivity index (χ0v) is 9.93. The third-order valence-corrected chi connectivity index (χ3v) is 2.52. The smallest absolute Gasteiger partial charge is 0.339 e. The van der Waals surface area contributed by atoms with Crippen molar-refractivity contribution in [1.82, 2.24) is 4.98 Å². The number of ether oxygens (including phenoxy) is 1. The highest BCUT2D eigenvalue weighted by Crippen LogP contribution is 2.19. The summed E-state index contributed by atoms with van der Waals surface area (Å²) in [7, 11) is 0. The fourth-order valence-corrected chi connectivity index (χ4v) is 1.62. The zero-order chi connectivity index (χ0) is 13.0. The van der Waals surface area contributed by atoms with Crippen molar-refractivity contribution in [3.05, 3.63) is 47.7 Å². The minimum atomic E-state index is -0.339. The minimum absolute atomic E-state index is 0.339. The fourth-order valence-electron chi connectivity index (χ4n) is 1.62. The number of nitriles is 1. The lowest BCUT2D eigenvalue weighted by Crippen LogP contribution is -2.02. The van der Waals surface area contributed by atoms with E-state index in [9.17, 15) is 4.79 Å². The maximum absolute atomic E-state index is 11.5. The van der Waals surface area contributed by atoms with Crippen molar-refractivity contribution in [3.63, 3.8) is 0 Å². The Morgan fingerprint density at radius 3 is 2.72 bits per heavy atom. The van der Waals surface area contributed by atoms with Gasteiger partial charge in [-0.15, -0.1) is 0 Å². The van der Waals surface area contributed by atoms with Crippen LogP contribution in [0.4, 0.5) is 0 Å². The number of carbonyl (C=O) groups excluding carboxylic acids is 1. The SMILES string of the molecule is CCOC(=O)c1c[nH]c(-c2ccc(C#N)cc2)c1. The number of aromatic nitrogens is 1. The van der Waals surface area contributed by atoms with Crippen LogP contribution in [0.3, 0.4) is 0 Å². The molecule has 4 heteroatoms. The highest BCUT2D eigenvalue weighted by Gasteiger charge is 2.09. The Morgan fingerprint density at radius 1 is 1.39 bits per heavy atom. The van der Waals surface area contributed by atoms with Gasteiger partial charge in [0.25, 0.3) is 0 Å². The average Bonchev–Trinajstić information content (AvgIpc) is 2.89. The second kappa shape index (κ2) is 5.19. The third-order valence-electron chi connectivity index (χ3n) is 2.52. The number of esters is 1. The Bertz CT molecular complexity index is 591. The standard InChI is InChI=1S/C14H12N2O2/c1-2-18-14(17)12-7-13(16-9-12)11-5-3-10(8-15)4-6-11/h3-7,9,16H,2H2,1H3. The van der Waals surface area contributed by atoms with Crippen LogP contribution in [0.2, 0.25) is 0 Å². The van der Waals surface area contributed by atoms with Gasteiger partial charge in [-0.05, 0) is 30.7 Å². The molecule has 4 nitrogen and oxygen atoms in total. The number of hydrogen-bond donors (Lipinski definition) is 1. The average molecular weight is 240 g/mol. The van der Waals surface area contributed by atoms with E-state index in [-0.39, 0.29) is 5.97 Å². The first-order valence-electron chi connectivity index (χ1n) is 5.60. The molecule has 0 aliphatic carbocycles. The van der Waals surface area contributed by atoms with E-state index >= 15 is 0 Å². The Morgan fingerprint density at radius 2 is 2.11 bits per heavy atom. The van der Waals surface area contributed by atoms with Gasteiger partial charge in [0.2, 0.25) is 0 Å².